The lowest BCUT2D eigenvalue weighted by Gasteiger charge is -2.15. The molecule has 4 nitrogen and oxygen atoms in total. The molecule has 27 heavy (non-hydrogen) atoms. The van der Waals surface area contributed by atoms with Gasteiger partial charge < -0.3 is 15.4 Å². The Morgan fingerprint density at radius 3 is 2.52 bits per heavy atom. The highest BCUT2D eigenvalue weighted by atomic mass is 19.1. The van der Waals surface area contributed by atoms with E-state index in [0.29, 0.717) is 17.2 Å². The Hall–Kier alpha value is -3.18. The van der Waals surface area contributed by atoms with Crippen LogP contribution in [0, 0.1) is 5.82 Å². The first-order chi connectivity index (χ1) is 13.1. The maximum Gasteiger partial charge on any atom is 0.238 e. The summed E-state index contributed by atoms with van der Waals surface area (Å²) in [7, 11) is 0. The maximum absolute atomic E-state index is 13.3. The molecule has 0 aromatic heterocycles. The van der Waals surface area contributed by atoms with Crippen molar-refractivity contribution in [1.29, 1.82) is 0 Å². The molecule has 1 atom stereocenters. The Balaban J connectivity index is 1.59. The molecule has 3 rings (SSSR count). The molecule has 0 bridgehead atoms. The van der Waals surface area contributed by atoms with Gasteiger partial charge >= 0.3 is 0 Å². The summed E-state index contributed by atoms with van der Waals surface area (Å²) in [6.07, 6.45) is 0. The Kier molecular flexibility index (Phi) is 6.18. The molecule has 5 heteroatoms. The second-order valence-corrected chi connectivity index (χ2v) is 6.12. The van der Waals surface area contributed by atoms with Crippen molar-refractivity contribution in [2.45, 2.75) is 13.0 Å². The normalized spacial score (nSPS) is 11.6. The summed E-state index contributed by atoms with van der Waals surface area (Å²) < 4.78 is 19.2. The third-order valence-corrected chi connectivity index (χ3v) is 4.05. The zero-order chi connectivity index (χ0) is 19.1. The van der Waals surface area contributed by atoms with Crippen molar-refractivity contribution in [3.05, 3.63) is 90.2 Å². The fraction of sp³-hybridized carbons (Fsp3) is 0.136. The van der Waals surface area contributed by atoms with Gasteiger partial charge in [0, 0.05) is 6.04 Å². The Bertz CT molecular complexity index is 900. The average molecular weight is 364 g/mol. The van der Waals surface area contributed by atoms with E-state index < -0.39 is 0 Å². The van der Waals surface area contributed by atoms with Gasteiger partial charge in [-0.15, -0.1) is 0 Å². The van der Waals surface area contributed by atoms with Crippen molar-refractivity contribution >= 4 is 11.6 Å². The van der Waals surface area contributed by atoms with Crippen LogP contribution in [0.1, 0.15) is 18.5 Å². The topological polar surface area (TPSA) is 50.4 Å². The molecular weight excluding hydrogens is 343 g/mol. The summed E-state index contributed by atoms with van der Waals surface area (Å²) in [5.74, 6) is 0.757. The standard InChI is InChI=1S/C22H21FN2O2/c1-16(17-8-7-9-18(23)14-17)24-15-22(26)25-20-12-5-6-13-21(20)27-19-10-3-2-4-11-19/h2-14,16,24H,15H2,1H3,(H,25,26)/t16-/m1/s1. The number of hydrogen-bond acceptors (Lipinski definition) is 3. The van der Waals surface area contributed by atoms with E-state index >= 15 is 0 Å². The number of carbonyl (C=O) groups is 1. The second kappa shape index (κ2) is 8.96. The lowest BCUT2D eigenvalue weighted by Crippen LogP contribution is -2.30. The van der Waals surface area contributed by atoms with Crippen molar-refractivity contribution in [2.75, 3.05) is 11.9 Å². The largest absolute Gasteiger partial charge is 0.455 e. The number of halogens is 1. The quantitative estimate of drug-likeness (QED) is 0.626. The van der Waals surface area contributed by atoms with Crippen molar-refractivity contribution in [3.63, 3.8) is 0 Å². The number of para-hydroxylation sites is 3. The molecule has 3 aromatic carbocycles. The zero-order valence-electron chi connectivity index (χ0n) is 15.0. The summed E-state index contributed by atoms with van der Waals surface area (Å²) in [6.45, 7) is 1.98. The lowest BCUT2D eigenvalue weighted by molar-refractivity contribution is -0.115. The Labute approximate surface area is 158 Å². The van der Waals surface area contributed by atoms with Gasteiger partial charge in [0.1, 0.15) is 11.6 Å². The van der Waals surface area contributed by atoms with Gasteiger partial charge in [-0.1, -0.05) is 42.5 Å². The van der Waals surface area contributed by atoms with Crippen molar-refractivity contribution in [1.82, 2.24) is 5.32 Å². The molecule has 0 spiro atoms. The van der Waals surface area contributed by atoms with Crippen LogP contribution in [0.5, 0.6) is 11.5 Å². The Morgan fingerprint density at radius 1 is 1.00 bits per heavy atom. The monoisotopic (exact) mass is 364 g/mol. The fourth-order valence-corrected chi connectivity index (χ4v) is 2.61. The summed E-state index contributed by atoms with van der Waals surface area (Å²) in [5.41, 5.74) is 1.38. The van der Waals surface area contributed by atoms with Crippen LogP contribution in [0.2, 0.25) is 0 Å². The molecule has 0 saturated heterocycles. The predicted octanol–water partition coefficient (Wildman–Crippen LogP) is 4.91. The summed E-state index contributed by atoms with van der Waals surface area (Å²) in [6, 6.07) is 22.8. The number of amides is 1. The van der Waals surface area contributed by atoms with E-state index in [9.17, 15) is 9.18 Å². The van der Waals surface area contributed by atoms with Gasteiger partial charge in [0.25, 0.3) is 0 Å². The van der Waals surface area contributed by atoms with E-state index in [0.717, 1.165) is 5.56 Å². The van der Waals surface area contributed by atoms with Gasteiger partial charge in [-0.3, -0.25) is 4.79 Å². The second-order valence-electron chi connectivity index (χ2n) is 6.12. The highest BCUT2D eigenvalue weighted by molar-refractivity contribution is 5.93. The maximum atomic E-state index is 13.3. The van der Waals surface area contributed by atoms with Crippen LogP contribution in [0.25, 0.3) is 0 Å². The first-order valence-electron chi connectivity index (χ1n) is 8.72. The fourth-order valence-electron chi connectivity index (χ4n) is 2.61. The molecule has 0 aliphatic rings. The first-order valence-corrected chi connectivity index (χ1v) is 8.72. The molecule has 2 N–H and O–H groups in total. The van der Waals surface area contributed by atoms with E-state index in [2.05, 4.69) is 10.6 Å². The molecule has 0 aliphatic heterocycles. The van der Waals surface area contributed by atoms with Crippen molar-refractivity contribution < 1.29 is 13.9 Å². The number of anilines is 1. The molecule has 0 aliphatic carbocycles. The smallest absolute Gasteiger partial charge is 0.238 e. The van der Waals surface area contributed by atoms with Crippen LogP contribution in [0.4, 0.5) is 10.1 Å². The third kappa shape index (κ3) is 5.39. The minimum Gasteiger partial charge on any atom is -0.455 e. The van der Waals surface area contributed by atoms with Crippen LogP contribution < -0.4 is 15.4 Å². The van der Waals surface area contributed by atoms with Gasteiger partial charge in [0.15, 0.2) is 5.75 Å². The van der Waals surface area contributed by atoms with Crippen LogP contribution in [0.15, 0.2) is 78.9 Å². The molecule has 0 saturated carbocycles. The lowest BCUT2D eigenvalue weighted by atomic mass is 10.1. The number of hydrogen-bond donors (Lipinski definition) is 2. The van der Waals surface area contributed by atoms with Gasteiger partial charge in [0.05, 0.1) is 12.2 Å². The molecule has 0 radical (unpaired) electrons. The van der Waals surface area contributed by atoms with E-state index in [-0.39, 0.29) is 24.3 Å². The highest BCUT2D eigenvalue weighted by Crippen LogP contribution is 2.29. The third-order valence-electron chi connectivity index (χ3n) is 4.05. The number of benzene rings is 3. The van der Waals surface area contributed by atoms with Crippen LogP contribution in [-0.2, 0) is 4.79 Å². The first kappa shape index (κ1) is 18.6. The number of rotatable bonds is 7. The summed E-state index contributed by atoms with van der Waals surface area (Å²) in [5, 5.41) is 5.94. The van der Waals surface area contributed by atoms with E-state index in [1.54, 1.807) is 18.2 Å². The molecule has 138 valence electrons. The molecule has 0 unspecified atom stereocenters. The molecule has 1 amide bonds. The summed E-state index contributed by atoms with van der Waals surface area (Å²) >= 11 is 0. The van der Waals surface area contributed by atoms with Crippen LogP contribution >= 0.6 is 0 Å². The van der Waals surface area contributed by atoms with Crippen LogP contribution in [0.3, 0.4) is 0 Å². The number of ether oxygens (including phenoxy) is 1. The zero-order valence-corrected chi connectivity index (χ0v) is 15.0. The molecule has 0 heterocycles. The minimum absolute atomic E-state index is 0.0946. The molecule has 0 fully saturated rings. The van der Waals surface area contributed by atoms with E-state index in [1.807, 2.05) is 55.5 Å². The van der Waals surface area contributed by atoms with E-state index in [1.165, 1.54) is 12.1 Å². The summed E-state index contributed by atoms with van der Waals surface area (Å²) in [4.78, 5) is 12.3. The molecular formula is C22H21FN2O2. The average Bonchev–Trinajstić information content (AvgIpc) is 2.68. The molecule has 3 aromatic rings. The van der Waals surface area contributed by atoms with Crippen molar-refractivity contribution in [3.8, 4) is 11.5 Å². The minimum atomic E-state index is -0.294. The predicted molar refractivity (Wildman–Crippen MR) is 104 cm³/mol. The van der Waals surface area contributed by atoms with Crippen LogP contribution in [-0.4, -0.2) is 12.5 Å². The number of nitrogens with one attached hydrogen (secondary N) is 2. The SMILES string of the molecule is C[C@@H](NCC(=O)Nc1ccccc1Oc1ccccc1)c1cccc(F)c1. The van der Waals surface area contributed by atoms with Gasteiger partial charge in [0.2, 0.25) is 5.91 Å². The van der Waals surface area contributed by atoms with Gasteiger partial charge in [-0.2, -0.15) is 0 Å². The highest BCUT2D eigenvalue weighted by Gasteiger charge is 2.11. The van der Waals surface area contributed by atoms with Crippen molar-refractivity contribution in [2.24, 2.45) is 0 Å². The Morgan fingerprint density at radius 2 is 1.74 bits per heavy atom. The van der Waals surface area contributed by atoms with E-state index in [4.69, 9.17) is 4.74 Å². The van der Waals surface area contributed by atoms with Gasteiger partial charge in [-0.05, 0) is 48.9 Å². The van der Waals surface area contributed by atoms with Gasteiger partial charge in [-0.25, -0.2) is 4.39 Å². The number of carbonyl (C=O) groups excluding carboxylic acids is 1.